The molecule has 0 fully saturated rings. The number of aromatic hydroxyl groups is 1. The van der Waals surface area contributed by atoms with Crippen LogP contribution in [0, 0.1) is 6.92 Å². The summed E-state index contributed by atoms with van der Waals surface area (Å²) in [5.74, 6) is -0.696. The summed E-state index contributed by atoms with van der Waals surface area (Å²) in [6, 6.07) is 6.95. The zero-order valence-corrected chi connectivity index (χ0v) is 13.6. The predicted molar refractivity (Wildman–Crippen MR) is 79.5 cm³/mol. The molecule has 0 radical (unpaired) electrons. The van der Waals surface area contributed by atoms with Crippen molar-refractivity contribution in [2.24, 2.45) is 0 Å². The van der Waals surface area contributed by atoms with E-state index in [1.54, 1.807) is 6.92 Å². The van der Waals surface area contributed by atoms with Gasteiger partial charge in [0.1, 0.15) is 0 Å². The van der Waals surface area contributed by atoms with E-state index in [0.29, 0.717) is 11.4 Å². The second-order valence-electron chi connectivity index (χ2n) is 4.62. The van der Waals surface area contributed by atoms with E-state index in [1.807, 2.05) is 0 Å². The molecule has 0 saturated heterocycles. The van der Waals surface area contributed by atoms with Gasteiger partial charge in [-0.2, -0.15) is 13.5 Å². The number of hydrogen-bond donors (Lipinski definition) is 2. The molecule has 0 bridgehead atoms. The van der Waals surface area contributed by atoms with Crippen LogP contribution in [0.25, 0.3) is 5.69 Å². The van der Waals surface area contributed by atoms with E-state index in [-0.39, 0.29) is 10.8 Å². The lowest BCUT2D eigenvalue weighted by molar-refractivity contribution is 0.284. The molecule has 2 aromatic rings. The first-order valence-electron chi connectivity index (χ1n) is 6.29. The van der Waals surface area contributed by atoms with Crippen LogP contribution < -0.4 is 0 Å². The van der Waals surface area contributed by atoms with E-state index in [1.165, 1.54) is 35.0 Å². The Morgan fingerprint density at radius 3 is 2.26 bits per heavy atom. The zero-order valence-electron chi connectivity index (χ0n) is 11.9. The lowest BCUT2D eigenvalue weighted by atomic mass is 10.3. The third-order valence-electron chi connectivity index (χ3n) is 2.84. The van der Waals surface area contributed by atoms with Crippen LogP contribution in [0.4, 0.5) is 0 Å². The van der Waals surface area contributed by atoms with Crippen LogP contribution in [0.2, 0.25) is 0 Å². The highest BCUT2D eigenvalue weighted by Gasteiger charge is 2.17. The van der Waals surface area contributed by atoms with Crippen molar-refractivity contribution in [1.82, 2.24) is 9.78 Å². The third-order valence-corrected chi connectivity index (χ3v) is 5.00. The number of rotatable bonds is 6. The highest BCUT2D eigenvalue weighted by molar-refractivity contribution is 7.91. The van der Waals surface area contributed by atoms with Gasteiger partial charge in [-0.1, -0.05) is 0 Å². The maximum Gasteiger partial charge on any atom is 0.397 e. The molecule has 0 amide bonds. The van der Waals surface area contributed by atoms with Gasteiger partial charge in [0, 0.05) is 6.07 Å². The summed E-state index contributed by atoms with van der Waals surface area (Å²) in [4.78, 5) is -0.0523. The molecule has 23 heavy (non-hydrogen) atoms. The molecule has 1 aromatic heterocycles. The van der Waals surface area contributed by atoms with E-state index < -0.39 is 32.6 Å². The van der Waals surface area contributed by atoms with Crippen molar-refractivity contribution in [1.29, 1.82) is 0 Å². The number of benzene rings is 1. The van der Waals surface area contributed by atoms with Gasteiger partial charge >= 0.3 is 10.4 Å². The highest BCUT2D eigenvalue weighted by Crippen LogP contribution is 2.20. The molecule has 0 atom stereocenters. The molecular weight excluding hydrogens is 348 g/mol. The van der Waals surface area contributed by atoms with Gasteiger partial charge in [-0.3, -0.25) is 4.55 Å². The van der Waals surface area contributed by atoms with Crippen molar-refractivity contribution in [3.05, 3.63) is 36.0 Å². The average molecular weight is 362 g/mol. The Morgan fingerprint density at radius 2 is 1.78 bits per heavy atom. The van der Waals surface area contributed by atoms with Crippen molar-refractivity contribution >= 4 is 20.2 Å². The number of aromatic nitrogens is 2. The predicted octanol–water partition coefficient (Wildman–Crippen LogP) is 0.479. The number of nitrogens with zero attached hydrogens (tertiary/aromatic N) is 2. The molecule has 2 N–H and O–H groups in total. The minimum absolute atomic E-state index is 0.0523. The van der Waals surface area contributed by atoms with Gasteiger partial charge in [0.15, 0.2) is 9.84 Å². The van der Waals surface area contributed by atoms with E-state index in [4.69, 9.17) is 4.55 Å². The summed E-state index contributed by atoms with van der Waals surface area (Å²) >= 11 is 0. The molecule has 1 heterocycles. The lowest BCUT2D eigenvalue weighted by Gasteiger charge is -2.06. The molecule has 2 rings (SSSR count). The minimum Gasteiger partial charge on any atom is -0.493 e. The highest BCUT2D eigenvalue weighted by atomic mass is 32.3. The molecule has 0 saturated carbocycles. The number of hydrogen-bond acceptors (Lipinski definition) is 7. The van der Waals surface area contributed by atoms with Crippen LogP contribution >= 0.6 is 0 Å². The van der Waals surface area contributed by atoms with Gasteiger partial charge in [0.2, 0.25) is 5.88 Å². The SMILES string of the molecule is Cc1cc(O)n(-c2ccc(S(=O)(=O)CCOS(=O)(=O)O)cc2)n1. The van der Waals surface area contributed by atoms with Gasteiger partial charge in [0.25, 0.3) is 0 Å². The Morgan fingerprint density at radius 1 is 1.17 bits per heavy atom. The van der Waals surface area contributed by atoms with E-state index in [2.05, 4.69) is 9.28 Å². The fraction of sp³-hybridized carbons (Fsp3) is 0.250. The zero-order chi connectivity index (χ0) is 17.3. The van der Waals surface area contributed by atoms with Gasteiger partial charge in [-0.15, -0.1) is 0 Å². The Labute approximate surface area is 133 Å². The second-order valence-corrected chi connectivity index (χ2v) is 7.82. The monoisotopic (exact) mass is 362 g/mol. The van der Waals surface area contributed by atoms with Crippen molar-refractivity contribution in [2.75, 3.05) is 12.4 Å². The first-order chi connectivity index (χ1) is 10.6. The summed E-state index contributed by atoms with van der Waals surface area (Å²) in [6.07, 6.45) is 0. The largest absolute Gasteiger partial charge is 0.493 e. The van der Waals surface area contributed by atoms with Crippen LogP contribution in [-0.2, 0) is 24.4 Å². The molecule has 0 unspecified atom stereocenters. The summed E-state index contributed by atoms with van der Waals surface area (Å²) in [5, 5.41) is 13.7. The smallest absolute Gasteiger partial charge is 0.397 e. The molecule has 0 aliphatic heterocycles. The molecule has 0 aliphatic rings. The maximum absolute atomic E-state index is 12.0. The van der Waals surface area contributed by atoms with Crippen LogP contribution in [0.15, 0.2) is 35.2 Å². The normalized spacial score (nSPS) is 12.4. The summed E-state index contributed by atoms with van der Waals surface area (Å²) < 4.78 is 58.4. The summed E-state index contributed by atoms with van der Waals surface area (Å²) in [5.41, 5.74) is 1.06. The van der Waals surface area contributed by atoms with Crippen molar-refractivity contribution < 1.29 is 30.7 Å². The van der Waals surface area contributed by atoms with E-state index in [0.717, 1.165) is 0 Å². The standard InChI is InChI=1S/C12H14N2O7S2/c1-9-8-12(15)14(13-9)10-2-4-11(5-3-10)22(16,17)7-6-21-23(18,19)20/h2-5,8,15H,6-7H2,1H3,(H,18,19,20). The Hall–Kier alpha value is -1.95. The van der Waals surface area contributed by atoms with Gasteiger partial charge in [-0.25, -0.2) is 17.3 Å². The van der Waals surface area contributed by atoms with Gasteiger partial charge < -0.3 is 5.11 Å². The quantitative estimate of drug-likeness (QED) is 0.708. The fourth-order valence-electron chi connectivity index (χ4n) is 1.84. The van der Waals surface area contributed by atoms with Crippen LogP contribution in [0.3, 0.4) is 0 Å². The van der Waals surface area contributed by atoms with Crippen molar-refractivity contribution in [2.45, 2.75) is 11.8 Å². The fourth-order valence-corrected chi connectivity index (χ4v) is 3.33. The Bertz CT molecular complexity index is 899. The van der Waals surface area contributed by atoms with Crippen LogP contribution in [0.1, 0.15) is 5.69 Å². The molecule has 11 heteroatoms. The molecular formula is C12H14N2O7S2. The molecule has 0 spiro atoms. The number of aryl methyl sites for hydroxylation is 1. The van der Waals surface area contributed by atoms with Crippen LogP contribution in [-0.4, -0.2) is 48.6 Å². The van der Waals surface area contributed by atoms with E-state index >= 15 is 0 Å². The Kier molecular flexibility index (Phi) is 4.75. The number of sulfone groups is 1. The first-order valence-corrected chi connectivity index (χ1v) is 9.31. The van der Waals surface area contributed by atoms with E-state index in [9.17, 15) is 21.9 Å². The molecule has 9 nitrogen and oxygen atoms in total. The van der Waals surface area contributed by atoms with Crippen molar-refractivity contribution in [3.8, 4) is 11.6 Å². The lowest BCUT2D eigenvalue weighted by Crippen LogP contribution is -2.15. The third kappa shape index (κ3) is 4.51. The first kappa shape index (κ1) is 17.4. The maximum atomic E-state index is 12.0. The average Bonchev–Trinajstić information content (AvgIpc) is 2.76. The second kappa shape index (κ2) is 6.28. The van der Waals surface area contributed by atoms with Crippen molar-refractivity contribution in [3.63, 3.8) is 0 Å². The molecule has 126 valence electrons. The minimum atomic E-state index is -4.68. The summed E-state index contributed by atoms with van der Waals surface area (Å²) in [7, 11) is -8.46. The molecule has 1 aromatic carbocycles. The Balaban J connectivity index is 2.17. The van der Waals surface area contributed by atoms with Gasteiger partial charge in [0.05, 0.1) is 28.6 Å². The summed E-state index contributed by atoms with van der Waals surface area (Å²) in [6.45, 7) is 1.01. The van der Waals surface area contributed by atoms with Crippen LogP contribution in [0.5, 0.6) is 5.88 Å². The molecule has 0 aliphatic carbocycles. The van der Waals surface area contributed by atoms with Gasteiger partial charge in [-0.05, 0) is 31.2 Å². The topological polar surface area (TPSA) is 136 Å².